The van der Waals surface area contributed by atoms with Crippen LogP contribution in [0, 0.1) is 6.92 Å². The second-order valence-corrected chi connectivity index (χ2v) is 6.25. The first-order valence-corrected chi connectivity index (χ1v) is 8.22. The van der Waals surface area contributed by atoms with Crippen LogP contribution in [0.4, 0.5) is 0 Å². The van der Waals surface area contributed by atoms with E-state index in [1.807, 2.05) is 24.3 Å². The Hall–Kier alpha value is -2.41. The number of furan rings is 1. The fraction of sp³-hybridized carbons (Fsp3) is 0.294. The molecule has 2 rings (SSSR count). The summed E-state index contributed by atoms with van der Waals surface area (Å²) in [4.78, 5) is 25.7. The monoisotopic (exact) mass is 349 g/mol. The van der Waals surface area contributed by atoms with Crippen LogP contribution in [0.3, 0.4) is 0 Å². The van der Waals surface area contributed by atoms with E-state index in [0.29, 0.717) is 11.5 Å². The summed E-state index contributed by atoms with van der Waals surface area (Å²) in [5, 5.41) is 9.02. The van der Waals surface area contributed by atoms with Crippen molar-refractivity contribution in [1.82, 2.24) is 4.90 Å². The fourth-order valence-electron chi connectivity index (χ4n) is 2.10. The van der Waals surface area contributed by atoms with E-state index in [4.69, 9.17) is 14.3 Å². The third-order valence-corrected chi connectivity index (χ3v) is 4.40. The van der Waals surface area contributed by atoms with Gasteiger partial charge in [0.25, 0.3) is 0 Å². The molecule has 0 unspecified atom stereocenters. The van der Waals surface area contributed by atoms with Crippen molar-refractivity contribution in [2.24, 2.45) is 0 Å². The van der Waals surface area contributed by atoms with Crippen LogP contribution in [-0.4, -0.2) is 41.8 Å². The Kier molecular flexibility index (Phi) is 5.92. The van der Waals surface area contributed by atoms with Gasteiger partial charge in [0.15, 0.2) is 0 Å². The molecule has 6 nitrogen and oxygen atoms in total. The first-order valence-electron chi connectivity index (χ1n) is 7.24. The molecule has 1 heterocycles. The van der Waals surface area contributed by atoms with Crippen molar-refractivity contribution in [3.8, 4) is 5.75 Å². The Morgan fingerprint density at radius 1 is 1.33 bits per heavy atom. The maximum atomic E-state index is 12.2. The molecule has 1 aromatic carbocycles. The van der Waals surface area contributed by atoms with Gasteiger partial charge in [0, 0.05) is 11.9 Å². The van der Waals surface area contributed by atoms with Gasteiger partial charge in [-0.1, -0.05) is 6.07 Å². The molecule has 7 heteroatoms. The summed E-state index contributed by atoms with van der Waals surface area (Å²) in [7, 11) is 3.26. The van der Waals surface area contributed by atoms with Crippen molar-refractivity contribution in [3.63, 3.8) is 0 Å². The average Bonchev–Trinajstić information content (AvgIpc) is 2.93. The predicted octanol–water partition coefficient (Wildman–Crippen LogP) is 3.05. The maximum Gasteiger partial charge on any atom is 0.339 e. The number of benzene rings is 1. The number of aromatic carboxylic acids is 1. The zero-order chi connectivity index (χ0) is 17.7. The minimum atomic E-state index is -1.04. The first-order chi connectivity index (χ1) is 11.4. The molecule has 1 N–H and O–H groups in total. The molecule has 1 aromatic heterocycles. The van der Waals surface area contributed by atoms with Gasteiger partial charge in [-0.2, -0.15) is 0 Å². The van der Waals surface area contributed by atoms with Crippen LogP contribution in [0.1, 0.15) is 21.9 Å². The summed E-state index contributed by atoms with van der Waals surface area (Å²) in [6.45, 7) is 1.82. The highest BCUT2D eigenvalue weighted by Crippen LogP contribution is 2.23. The number of aryl methyl sites for hydroxylation is 1. The summed E-state index contributed by atoms with van der Waals surface area (Å²) in [6.07, 6.45) is 0. The molecular formula is C17H19NO5S. The van der Waals surface area contributed by atoms with Gasteiger partial charge in [-0.05, 0) is 31.2 Å². The standard InChI is InChI=1S/C17H19NO5S/c1-11-15(17(20)21)8-13(23-11)9-18(2)16(19)10-24-14-6-4-5-12(7-14)22-3/h4-8H,9-10H2,1-3H3,(H,20,21). The van der Waals surface area contributed by atoms with Crippen LogP contribution in [0.2, 0.25) is 0 Å². The van der Waals surface area contributed by atoms with Crippen LogP contribution >= 0.6 is 11.8 Å². The van der Waals surface area contributed by atoms with Gasteiger partial charge < -0.3 is 19.2 Å². The molecular weight excluding hydrogens is 330 g/mol. The predicted molar refractivity (Wildman–Crippen MR) is 90.6 cm³/mol. The number of hydrogen-bond donors (Lipinski definition) is 1. The van der Waals surface area contributed by atoms with Gasteiger partial charge in [0.2, 0.25) is 5.91 Å². The van der Waals surface area contributed by atoms with Crippen molar-refractivity contribution in [2.45, 2.75) is 18.4 Å². The first kappa shape index (κ1) is 17.9. The highest BCUT2D eigenvalue weighted by molar-refractivity contribution is 8.00. The number of carbonyl (C=O) groups excluding carboxylic acids is 1. The summed E-state index contributed by atoms with van der Waals surface area (Å²) < 4.78 is 10.5. The number of carboxylic acid groups (broad SMARTS) is 1. The number of carboxylic acids is 1. The molecule has 24 heavy (non-hydrogen) atoms. The summed E-state index contributed by atoms with van der Waals surface area (Å²) in [6, 6.07) is 8.95. The van der Waals surface area contributed by atoms with Crippen LogP contribution in [0.5, 0.6) is 5.75 Å². The number of carbonyl (C=O) groups is 2. The minimum absolute atomic E-state index is 0.0752. The molecule has 0 aliphatic rings. The van der Waals surface area contributed by atoms with Crippen molar-refractivity contribution < 1.29 is 23.8 Å². The molecule has 0 fully saturated rings. The second kappa shape index (κ2) is 7.92. The number of ether oxygens (including phenoxy) is 1. The van der Waals surface area contributed by atoms with E-state index in [-0.39, 0.29) is 23.8 Å². The van der Waals surface area contributed by atoms with E-state index in [1.54, 1.807) is 21.1 Å². The number of nitrogens with zero attached hydrogens (tertiary/aromatic N) is 1. The van der Waals surface area contributed by atoms with E-state index < -0.39 is 5.97 Å². The normalized spacial score (nSPS) is 10.5. The lowest BCUT2D eigenvalue weighted by atomic mass is 10.2. The van der Waals surface area contributed by atoms with E-state index >= 15 is 0 Å². The lowest BCUT2D eigenvalue weighted by Crippen LogP contribution is -2.27. The molecule has 0 aliphatic heterocycles. The van der Waals surface area contributed by atoms with Gasteiger partial charge in [-0.25, -0.2) is 4.79 Å². The van der Waals surface area contributed by atoms with Crippen molar-refractivity contribution in [2.75, 3.05) is 19.9 Å². The highest BCUT2D eigenvalue weighted by atomic mass is 32.2. The number of methoxy groups -OCH3 is 1. The minimum Gasteiger partial charge on any atom is -0.497 e. The molecule has 0 saturated carbocycles. The summed E-state index contributed by atoms with van der Waals surface area (Å²) >= 11 is 1.41. The molecule has 0 radical (unpaired) electrons. The Morgan fingerprint density at radius 2 is 2.08 bits per heavy atom. The molecule has 0 saturated heterocycles. The molecule has 0 aliphatic carbocycles. The van der Waals surface area contributed by atoms with Crippen LogP contribution in [0.25, 0.3) is 0 Å². The molecule has 0 bridgehead atoms. The van der Waals surface area contributed by atoms with Gasteiger partial charge in [-0.3, -0.25) is 4.79 Å². The summed E-state index contributed by atoms with van der Waals surface area (Å²) in [5.41, 5.74) is 0.122. The average molecular weight is 349 g/mol. The lowest BCUT2D eigenvalue weighted by molar-refractivity contribution is -0.127. The van der Waals surface area contributed by atoms with Gasteiger partial charge in [0.1, 0.15) is 22.8 Å². The number of amides is 1. The van der Waals surface area contributed by atoms with Gasteiger partial charge in [-0.15, -0.1) is 11.8 Å². The third-order valence-electron chi connectivity index (χ3n) is 3.42. The van der Waals surface area contributed by atoms with Crippen molar-refractivity contribution in [1.29, 1.82) is 0 Å². The highest BCUT2D eigenvalue weighted by Gasteiger charge is 2.17. The third kappa shape index (κ3) is 4.55. The van der Waals surface area contributed by atoms with Crippen molar-refractivity contribution in [3.05, 3.63) is 47.4 Å². The largest absolute Gasteiger partial charge is 0.497 e. The zero-order valence-electron chi connectivity index (χ0n) is 13.7. The fourth-order valence-corrected chi connectivity index (χ4v) is 2.99. The maximum absolute atomic E-state index is 12.2. The number of thioether (sulfide) groups is 1. The van der Waals surface area contributed by atoms with E-state index in [2.05, 4.69) is 0 Å². The topological polar surface area (TPSA) is 80.0 Å². The smallest absolute Gasteiger partial charge is 0.339 e. The Balaban J connectivity index is 1.92. The number of rotatable bonds is 7. The quantitative estimate of drug-likeness (QED) is 0.774. The Morgan fingerprint density at radius 3 is 2.71 bits per heavy atom. The SMILES string of the molecule is COc1cccc(SCC(=O)N(C)Cc2cc(C(=O)O)c(C)o2)c1. The Bertz CT molecular complexity index is 740. The molecule has 0 spiro atoms. The van der Waals surface area contributed by atoms with Gasteiger partial charge >= 0.3 is 5.97 Å². The second-order valence-electron chi connectivity index (χ2n) is 5.21. The van der Waals surface area contributed by atoms with E-state index in [1.165, 1.54) is 22.7 Å². The number of hydrogen-bond acceptors (Lipinski definition) is 5. The lowest BCUT2D eigenvalue weighted by Gasteiger charge is -2.15. The van der Waals surface area contributed by atoms with Crippen molar-refractivity contribution >= 4 is 23.6 Å². The zero-order valence-corrected chi connectivity index (χ0v) is 14.6. The Labute approximate surface area is 144 Å². The van der Waals surface area contributed by atoms with E-state index in [9.17, 15) is 9.59 Å². The van der Waals surface area contributed by atoms with Crippen LogP contribution in [0.15, 0.2) is 39.6 Å². The van der Waals surface area contributed by atoms with Crippen LogP contribution < -0.4 is 4.74 Å². The van der Waals surface area contributed by atoms with Crippen LogP contribution in [-0.2, 0) is 11.3 Å². The molecule has 0 atom stereocenters. The summed E-state index contributed by atoms with van der Waals surface area (Å²) in [5.74, 6) is 0.693. The molecule has 128 valence electrons. The molecule has 1 amide bonds. The van der Waals surface area contributed by atoms with Gasteiger partial charge in [0.05, 0.1) is 19.4 Å². The molecule has 2 aromatic rings. The van der Waals surface area contributed by atoms with E-state index in [0.717, 1.165) is 10.6 Å².